The smallest absolute Gasteiger partial charge is 0.410 e. The standard InChI is InChI=1S/C24H23NO4/c1-24(2)14-20-19(21(26)17-10-6-7-11-18(17)22(20)27)12-13-25(24)23(28)29-15-16-8-4-3-5-9-16/h3-11H,12-15H2,1-2H3. The summed E-state index contributed by atoms with van der Waals surface area (Å²) in [6.45, 7) is 4.33. The lowest BCUT2D eigenvalue weighted by Crippen LogP contribution is -2.48. The van der Waals surface area contributed by atoms with Crippen LogP contribution < -0.4 is 0 Å². The van der Waals surface area contributed by atoms with Crippen LogP contribution in [-0.2, 0) is 11.3 Å². The molecule has 0 radical (unpaired) electrons. The highest BCUT2D eigenvalue weighted by Crippen LogP contribution is 2.37. The van der Waals surface area contributed by atoms with Gasteiger partial charge in [0.15, 0.2) is 11.6 Å². The zero-order valence-electron chi connectivity index (χ0n) is 16.6. The van der Waals surface area contributed by atoms with Gasteiger partial charge >= 0.3 is 6.09 Å². The Kier molecular flexibility index (Phi) is 4.82. The highest BCUT2D eigenvalue weighted by atomic mass is 16.6. The fourth-order valence-electron chi connectivity index (χ4n) is 4.12. The van der Waals surface area contributed by atoms with Gasteiger partial charge in [0.2, 0.25) is 0 Å². The van der Waals surface area contributed by atoms with Gasteiger partial charge in [0.05, 0.1) is 0 Å². The maximum Gasteiger partial charge on any atom is 0.410 e. The van der Waals surface area contributed by atoms with Crippen LogP contribution in [0.15, 0.2) is 65.7 Å². The normalized spacial score (nSPS) is 18.1. The van der Waals surface area contributed by atoms with Crippen LogP contribution in [0.3, 0.4) is 0 Å². The summed E-state index contributed by atoms with van der Waals surface area (Å²) in [4.78, 5) is 40.6. The van der Waals surface area contributed by atoms with Gasteiger partial charge in [0.25, 0.3) is 0 Å². The summed E-state index contributed by atoms with van der Waals surface area (Å²) in [5, 5.41) is 0. The molecule has 5 nitrogen and oxygen atoms in total. The quantitative estimate of drug-likeness (QED) is 0.755. The number of nitrogens with zero attached hydrogens (tertiary/aromatic N) is 1. The Morgan fingerprint density at radius 3 is 2.17 bits per heavy atom. The highest BCUT2D eigenvalue weighted by Gasteiger charge is 2.41. The number of amides is 1. The lowest BCUT2D eigenvalue weighted by atomic mass is 9.79. The Balaban J connectivity index is 1.57. The molecule has 0 fully saturated rings. The summed E-state index contributed by atoms with van der Waals surface area (Å²) in [5.74, 6) is -0.215. The first-order chi connectivity index (χ1) is 13.9. The molecule has 0 unspecified atom stereocenters. The van der Waals surface area contributed by atoms with Crippen molar-refractivity contribution >= 4 is 17.7 Å². The van der Waals surface area contributed by atoms with Crippen molar-refractivity contribution in [2.24, 2.45) is 0 Å². The third-order valence-corrected chi connectivity index (χ3v) is 5.68. The van der Waals surface area contributed by atoms with E-state index in [1.54, 1.807) is 29.2 Å². The Bertz CT molecular complexity index is 1020. The maximum absolute atomic E-state index is 13.1. The molecule has 5 heteroatoms. The summed E-state index contributed by atoms with van der Waals surface area (Å²) < 4.78 is 5.53. The topological polar surface area (TPSA) is 63.7 Å². The van der Waals surface area contributed by atoms with Crippen molar-refractivity contribution in [3.05, 3.63) is 82.4 Å². The number of rotatable bonds is 2. The van der Waals surface area contributed by atoms with Gasteiger partial charge in [-0.25, -0.2) is 4.79 Å². The Morgan fingerprint density at radius 2 is 1.52 bits per heavy atom. The van der Waals surface area contributed by atoms with E-state index in [0.717, 1.165) is 5.56 Å². The highest BCUT2D eigenvalue weighted by molar-refractivity contribution is 6.27. The number of fused-ring (bicyclic) bond motifs is 1. The molecule has 0 N–H and O–H groups in total. The van der Waals surface area contributed by atoms with E-state index in [4.69, 9.17) is 4.74 Å². The van der Waals surface area contributed by atoms with E-state index in [1.807, 2.05) is 44.2 Å². The van der Waals surface area contributed by atoms with Gasteiger partial charge in [-0.15, -0.1) is 0 Å². The maximum atomic E-state index is 13.1. The summed E-state index contributed by atoms with van der Waals surface area (Å²) in [5.41, 5.74) is 2.22. The minimum Gasteiger partial charge on any atom is -0.445 e. The molecule has 0 saturated carbocycles. The van der Waals surface area contributed by atoms with Crippen LogP contribution in [-0.4, -0.2) is 34.6 Å². The molecular weight excluding hydrogens is 366 g/mol. The Morgan fingerprint density at radius 1 is 0.931 bits per heavy atom. The molecule has 2 aliphatic rings. The second-order valence-electron chi connectivity index (χ2n) is 8.09. The average Bonchev–Trinajstić information content (AvgIpc) is 2.87. The average molecular weight is 389 g/mol. The molecule has 1 aliphatic carbocycles. The van der Waals surface area contributed by atoms with Gasteiger partial charge in [0.1, 0.15) is 6.61 Å². The minimum absolute atomic E-state index is 0.106. The Labute approximate surface area is 170 Å². The predicted molar refractivity (Wildman–Crippen MR) is 109 cm³/mol. The first kappa shape index (κ1) is 19.1. The SMILES string of the molecule is CC1(C)CC2=C(CCN1C(=O)OCc1ccccc1)C(=O)c1ccccc1C2=O. The molecule has 4 rings (SSSR count). The van der Waals surface area contributed by atoms with Gasteiger partial charge in [-0.05, 0) is 32.3 Å². The van der Waals surface area contributed by atoms with E-state index in [9.17, 15) is 14.4 Å². The van der Waals surface area contributed by atoms with Crippen LogP contribution in [0, 0.1) is 0 Å². The van der Waals surface area contributed by atoms with Crippen LogP contribution in [0.2, 0.25) is 0 Å². The van der Waals surface area contributed by atoms with Crippen molar-refractivity contribution in [3.63, 3.8) is 0 Å². The molecule has 0 saturated heterocycles. The lowest BCUT2D eigenvalue weighted by molar-refractivity contribution is 0.0587. The molecular formula is C24H23NO4. The number of carbonyl (C=O) groups is 3. The molecule has 0 bridgehead atoms. The molecule has 0 aromatic heterocycles. The molecule has 0 atom stereocenters. The van der Waals surface area contributed by atoms with Gasteiger partial charge in [0, 0.05) is 34.4 Å². The number of carbonyl (C=O) groups excluding carboxylic acids is 3. The number of benzene rings is 2. The fraction of sp³-hybridized carbons (Fsp3) is 0.292. The molecule has 148 valence electrons. The van der Waals surface area contributed by atoms with Crippen molar-refractivity contribution in [3.8, 4) is 0 Å². The second-order valence-corrected chi connectivity index (χ2v) is 8.09. The number of ether oxygens (including phenoxy) is 1. The zero-order chi connectivity index (χ0) is 20.6. The lowest BCUT2D eigenvalue weighted by Gasteiger charge is -2.36. The van der Waals surface area contributed by atoms with Crippen LogP contribution in [0.25, 0.3) is 0 Å². The summed E-state index contributed by atoms with van der Waals surface area (Å²) in [7, 11) is 0. The molecule has 0 spiro atoms. The van der Waals surface area contributed by atoms with E-state index in [-0.39, 0.29) is 18.2 Å². The number of Topliss-reactive ketones (excluding diaryl/α,β-unsaturated/α-hetero) is 2. The third-order valence-electron chi connectivity index (χ3n) is 5.68. The summed E-state index contributed by atoms with van der Waals surface area (Å²) >= 11 is 0. The Hall–Kier alpha value is -3.21. The van der Waals surface area contributed by atoms with Crippen molar-refractivity contribution in [1.82, 2.24) is 4.90 Å². The summed E-state index contributed by atoms with van der Waals surface area (Å²) in [6, 6.07) is 16.4. The van der Waals surface area contributed by atoms with Crippen LogP contribution in [0.5, 0.6) is 0 Å². The number of ketones is 2. The first-order valence-electron chi connectivity index (χ1n) is 9.77. The van der Waals surface area contributed by atoms with Gasteiger partial charge in [-0.3, -0.25) is 9.59 Å². The third kappa shape index (κ3) is 3.48. The first-order valence-corrected chi connectivity index (χ1v) is 9.77. The fourth-order valence-corrected chi connectivity index (χ4v) is 4.12. The second kappa shape index (κ2) is 7.32. The number of hydrogen-bond donors (Lipinski definition) is 0. The van der Waals surface area contributed by atoms with E-state index < -0.39 is 11.6 Å². The zero-order valence-corrected chi connectivity index (χ0v) is 16.6. The van der Waals surface area contributed by atoms with Gasteiger partial charge in [-0.2, -0.15) is 0 Å². The van der Waals surface area contributed by atoms with Crippen molar-refractivity contribution < 1.29 is 19.1 Å². The van der Waals surface area contributed by atoms with Gasteiger partial charge < -0.3 is 9.64 Å². The van der Waals surface area contributed by atoms with Gasteiger partial charge in [-0.1, -0.05) is 54.6 Å². The molecule has 2 aromatic carbocycles. The molecule has 29 heavy (non-hydrogen) atoms. The van der Waals surface area contributed by atoms with Crippen LogP contribution in [0.4, 0.5) is 4.79 Å². The van der Waals surface area contributed by atoms with Crippen molar-refractivity contribution in [2.45, 2.75) is 38.8 Å². The predicted octanol–water partition coefficient (Wildman–Crippen LogP) is 4.57. The van der Waals surface area contributed by atoms with Crippen LogP contribution >= 0.6 is 0 Å². The summed E-state index contributed by atoms with van der Waals surface area (Å²) in [6.07, 6.45) is 0.232. The molecule has 1 amide bonds. The van der Waals surface area contributed by atoms with Crippen molar-refractivity contribution in [2.75, 3.05) is 6.54 Å². The monoisotopic (exact) mass is 389 g/mol. The minimum atomic E-state index is -0.646. The van der Waals surface area contributed by atoms with E-state index >= 15 is 0 Å². The molecule has 2 aromatic rings. The molecule has 1 heterocycles. The van der Waals surface area contributed by atoms with E-state index in [0.29, 0.717) is 41.7 Å². The number of hydrogen-bond acceptors (Lipinski definition) is 4. The van der Waals surface area contributed by atoms with Crippen molar-refractivity contribution in [1.29, 1.82) is 0 Å². The molecule has 1 aliphatic heterocycles. The largest absolute Gasteiger partial charge is 0.445 e. The van der Waals surface area contributed by atoms with E-state index in [1.165, 1.54) is 0 Å². The van der Waals surface area contributed by atoms with Crippen LogP contribution in [0.1, 0.15) is 53.0 Å². The van der Waals surface area contributed by atoms with E-state index in [2.05, 4.69) is 0 Å².